The van der Waals surface area contributed by atoms with Crippen molar-refractivity contribution in [1.29, 1.82) is 0 Å². The normalized spacial score (nSPS) is 24.6. The lowest BCUT2D eigenvalue weighted by molar-refractivity contribution is 0.101. The monoisotopic (exact) mass is 304 g/mol. The molecule has 2 aliphatic rings. The predicted molar refractivity (Wildman–Crippen MR) is 88.7 cm³/mol. The van der Waals surface area contributed by atoms with Gasteiger partial charge in [-0.05, 0) is 57.0 Å². The van der Waals surface area contributed by atoms with E-state index in [1.807, 2.05) is 6.07 Å². The molecule has 1 heterocycles. The Kier molecular flexibility index (Phi) is 4.59. The molecule has 1 aromatic rings. The first-order valence-electron chi connectivity index (χ1n) is 8.41. The first kappa shape index (κ1) is 15.6. The van der Waals surface area contributed by atoms with Gasteiger partial charge in [-0.15, -0.1) is 0 Å². The van der Waals surface area contributed by atoms with Crippen LogP contribution in [0.5, 0.6) is 11.5 Å². The Bertz CT molecular complexity index is 508. The molecule has 0 radical (unpaired) electrons. The van der Waals surface area contributed by atoms with Gasteiger partial charge in [0.1, 0.15) is 6.10 Å². The molecule has 0 spiro atoms. The minimum atomic E-state index is 0.160. The second kappa shape index (κ2) is 6.47. The summed E-state index contributed by atoms with van der Waals surface area (Å²) in [5.74, 6) is 1.70. The Balaban J connectivity index is 1.82. The highest BCUT2D eigenvalue weighted by Gasteiger charge is 2.37. The molecule has 2 fully saturated rings. The van der Waals surface area contributed by atoms with Crippen LogP contribution in [0, 0.1) is 0 Å². The van der Waals surface area contributed by atoms with Crippen molar-refractivity contribution < 1.29 is 9.47 Å². The van der Waals surface area contributed by atoms with Gasteiger partial charge in [0.2, 0.25) is 0 Å². The molecule has 1 unspecified atom stereocenters. The summed E-state index contributed by atoms with van der Waals surface area (Å²) in [6.45, 7) is 2.85. The van der Waals surface area contributed by atoms with E-state index in [1.54, 1.807) is 7.11 Å². The highest BCUT2D eigenvalue weighted by molar-refractivity contribution is 5.46. The third-order valence-electron chi connectivity index (χ3n) is 5.35. The SMILES string of the molecule is COc1ccc(C2(CN)CCC2)cc1OC1CCCN(C)C1. The molecule has 22 heavy (non-hydrogen) atoms. The number of piperidine rings is 1. The van der Waals surface area contributed by atoms with E-state index >= 15 is 0 Å². The van der Waals surface area contributed by atoms with Crippen molar-refractivity contribution in [2.45, 2.75) is 43.6 Å². The molecular formula is C18H28N2O2. The fourth-order valence-electron chi connectivity index (χ4n) is 3.71. The second-order valence-corrected chi connectivity index (χ2v) is 6.85. The molecule has 3 rings (SSSR count). The van der Waals surface area contributed by atoms with E-state index in [-0.39, 0.29) is 11.5 Å². The van der Waals surface area contributed by atoms with Gasteiger partial charge in [0.25, 0.3) is 0 Å². The maximum atomic E-state index is 6.29. The summed E-state index contributed by atoms with van der Waals surface area (Å²) in [6.07, 6.45) is 6.18. The number of hydrogen-bond donors (Lipinski definition) is 1. The summed E-state index contributed by atoms with van der Waals surface area (Å²) in [4.78, 5) is 2.33. The van der Waals surface area contributed by atoms with Crippen LogP contribution in [-0.4, -0.2) is 44.8 Å². The van der Waals surface area contributed by atoms with E-state index in [2.05, 4.69) is 24.1 Å². The molecule has 4 nitrogen and oxygen atoms in total. The van der Waals surface area contributed by atoms with Crippen molar-refractivity contribution in [3.63, 3.8) is 0 Å². The third-order valence-corrected chi connectivity index (χ3v) is 5.35. The standard InChI is InChI=1S/C18H28N2O2/c1-20-10-3-5-15(12-20)22-17-11-14(6-7-16(17)21-2)18(13-19)8-4-9-18/h6-7,11,15H,3-5,8-10,12-13,19H2,1-2H3. The summed E-state index contributed by atoms with van der Waals surface area (Å²) >= 11 is 0. The highest BCUT2D eigenvalue weighted by atomic mass is 16.5. The number of likely N-dealkylation sites (N-methyl/N-ethyl adjacent to an activating group) is 1. The first-order chi connectivity index (χ1) is 10.7. The molecule has 0 amide bonds. The number of nitrogens with two attached hydrogens (primary N) is 1. The van der Waals surface area contributed by atoms with Gasteiger partial charge >= 0.3 is 0 Å². The lowest BCUT2D eigenvalue weighted by atomic mass is 9.64. The largest absolute Gasteiger partial charge is 0.493 e. The Labute approximate surface area is 133 Å². The predicted octanol–water partition coefficient (Wildman–Crippen LogP) is 2.55. The van der Waals surface area contributed by atoms with E-state index < -0.39 is 0 Å². The average molecular weight is 304 g/mol. The number of rotatable bonds is 5. The van der Waals surface area contributed by atoms with Crippen LogP contribution in [0.2, 0.25) is 0 Å². The second-order valence-electron chi connectivity index (χ2n) is 6.85. The fraction of sp³-hybridized carbons (Fsp3) is 0.667. The van der Waals surface area contributed by atoms with Crippen LogP contribution in [0.25, 0.3) is 0 Å². The lowest BCUT2D eigenvalue weighted by Gasteiger charge is -2.42. The van der Waals surface area contributed by atoms with Crippen molar-refractivity contribution in [1.82, 2.24) is 4.90 Å². The zero-order chi connectivity index (χ0) is 15.6. The van der Waals surface area contributed by atoms with E-state index in [0.29, 0.717) is 6.54 Å². The number of nitrogens with zero attached hydrogens (tertiary/aromatic N) is 1. The van der Waals surface area contributed by atoms with Gasteiger partial charge in [-0.3, -0.25) is 0 Å². The molecule has 1 aliphatic carbocycles. The summed E-state index contributed by atoms with van der Waals surface area (Å²) in [7, 11) is 3.86. The Morgan fingerprint density at radius 3 is 2.68 bits per heavy atom. The van der Waals surface area contributed by atoms with Gasteiger partial charge in [0.05, 0.1) is 7.11 Å². The fourth-order valence-corrected chi connectivity index (χ4v) is 3.71. The van der Waals surface area contributed by atoms with Gasteiger partial charge in [-0.1, -0.05) is 12.5 Å². The molecule has 1 aromatic carbocycles. The van der Waals surface area contributed by atoms with E-state index in [9.17, 15) is 0 Å². The number of ether oxygens (including phenoxy) is 2. The van der Waals surface area contributed by atoms with Crippen LogP contribution >= 0.6 is 0 Å². The highest BCUT2D eigenvalue weighted by Crippen LogP contribution is 2.45. The van der Waals surface area contributed by atoms with Crippen molar-refractivity contribution in [2.75, 3.05) is 33.8 Å². The maximum absolute atomic E-state index is 6.29. The smallest absolute Gasteiger partial charge is 0.161 e. The summed E-state index contributed by atoms with van der Waals surface area (Å²) in [5.41, 5.74) is 7.51. The Morgan fingerprint density at radius 1 is 1.27 bits per heavy atom. The zero-order valence-electron chi connectivity index (χ0n) is 13.8. The van der Waals surface area contributed by atoms with Gasteiger partial charge in [0, 0.05) is 18.5 Å². The quantitative estimate of drug-likeness (QED) is 0.908. The Hall–Kier alpha value is -1.26. The molecule has 4 heteroatoms. The molecule has 1 atom stereocenters. The van der Waals surface area contributed by atoms with Crippen LogP contribution in [0.15, 0.2) is 18.2 Å². The van der Waals surface area contributed by atoms with E-state index in [0.717, 1.165) is 31.0 Å². The summed E-state index contributed by atoms with van der Waals surface area (Å²) in [5, 5.41) is 0. The minimum absolute atomic E-state index is 0.160. The molecule has 1 saturated carbocycles. The number of hydrogen-bond acceptors (Lipinski definition) is 4. The molecule has 122 valence electrons. The van der Waals surface area contributed by atoms with Crippen molar-refractivity contribution in [2.24, 2.45) is 5.73 Å². The molecule has 1 saturated heterocycles. The van der Waals surface area contributed by atoms with Gasteiger partial charge in [-0.2, -0.15) is 0 Å². The molecule has 0 bridgehead atoms. The summed E-state index contributed by atoms with van der Waals surface area (Å²) in [6, 6.07) is 6.36. The topological polar surface area (TPSA) is 47.7 Å². The maximum Gasteiger partial charge on any atom is 0.161 e. The molecular weight excluding hydrogens is 276 g/mol. The number of likely N-dealkylation sites (tertiary alicyclic amines) is 1. The average Bonchev–Trinajstić information content (AvgIpc) is 2.47. The van der Waals surface area contributed by atoms with Crippen molar-refractivity contribution >= 4 is 0 Å². The minimum Gasteiger partial charge on any atom is -0.493 e. The van der Waals surface area contributed by atoms with E-state index in [1.165, 1.54) is 31.2 Å². The zero-order valence-corrected chi connectivity index (χ0v) is 13.8. The van der Waals surface area contributed by atoms with Crippen LogP contribution in [0.4, 0.5) is 0 Å². The summed E-state index contributed by atoms with van der Waals surface area (Å²) < 4.78 is 11.8. The first-order valence-corrected chi connectivity index (χ1v) is 8.41. The molecule has 0 aromatic heterocycles. The van der Waals surface area contributed by atoms with Gasteiger partial charge in [0.15, 0.2) is 11.5 Å². The van der Waals surface area contributed by atoms with Crippen LogP contribution in [0.1, 0.15) is 37.7 Å². The van der Waals surface area contributed by atoms with Gasteiger partial charge in [-0.25, -0.2) is 0 Å². The van der Waals surface area contributed by atoms with Crippen LogP contribution < -0.4 is 15.2 Å². The van der Waals surface area contributed by atoms with Crippen molar-refractivity contribution in [3.05, 3.63) is 23.8 Å². The van der Waals surface area contributed by atoms with E-state index in [4.69, 9.17) is 15.2 Å². The van der Waals surface area contributed by atoms with Crippen LogP contribution in [0.3, 0.4) is 0 Å². The van der Waals surface area contributed by atoms with Crippen LogP contribution in [-0.2, 0) is 5.41 Å². The molecule has 1 aliphatic heterocycles. The van der Waals surface area contributed by atoms with Crippen molar-refractivity contribution in [3.8, 4) is 11.5 Å². The third kappa shape index (κ3) is 2.95. The molecule has 2 N–H and O–H groups in total. The number of methoxy groups -OCH3 is 1. The van der Waals surface area contributed by atoms with Gasteiger partial charge < -0.3 is 20.1 Å². The number of benzene rings is 1. The lowest BCUT2D eigenvalue weighted by Crippen LogP contribution is -2.41. The Morgan fingerprint density at radius 2 is 2.09 bits per heavy atom.